The van der Waals surface area contributed by atoms with Crippen LogP contribution in [0.4, 0.5) is 0 Å². The van der Waals surface area contributed by atoms with E-state index in [2.05, 4.69) is 0 Å². The molecule has 1 spiro atoms. The molecule has 0 aromatic carbocycles. The van der Waals surface area contributed by atoms with Gasteiger partial charge in [0.25, 0.3) is 5.91 Å². The van der Waals surface area contributed by atoms with Crippen molar-refractivity contribution in [3.8, 4) is 0 Å². The molecular formula is C19H26N2O3S. The Morgan fingerprint density at radius 2 is 1.92 bits per heavy atom. The van der Waals surface area contributed by atoms with E-state index < -0.39 is 0 Å². The van der Waals surface area contributed by atoms with Crippen LogP contribution in [0.5, 0.6) is 0 Å². The SMILES string of the molecule is Cc1ccsc1C(=O)N1C[C@H](C(=O)N2CCCC2)C2(CCOCC2)C1. The number of aryl methyl sites for hydroxylation is 1. The predicted octanol–water partition coefficient (Wildman–Crippen LogP) is 2.55. The number of amides is 2. The minimum atomic E-state index is -0.0985. The number of hydrogen-bond acceptors (Lipinski definition) is 4. The van der Waals surface area contributed by atoms with Gasteiger partial charge in [-0.05, 0) is 49.6 Å². The molecule has 3 aliphatic heterocycles. The Morgan fingerprint density at radius 3 is 2.56 bits per heavy atom. The second-order valence-electron chi connectivity index (χ2n) is 7.68. The van der Waals surface area contributed by atoms with Crippen molar-refractivity contribution in [2.24, 2.45) is 11.3 Å². The first kappa shape index (κ1) is 17.0. The van der Waals surface area contributed by atoms with Crippen LogP contribution in [0, 0.1) is 18.3 Å². The number of thiophene rings is 1. The van der Waals surface area contributed by atoms with Gasteiger partial charge in [0.05, 0.1) is 10.8 Å². The Balaban J connectivity index is 1.59. The Kier molecular flexibility index (Phi) is 4.58. The highest BCUT2D eigenvalue weighted by Gasteiger charge is 2.53. The maximum atomic E-state index is 13.2. The van der Waals surface area contributed by atoms with Gasteiger partial charge in [0.1, 0.15) is 0 Å². The average Bonchev–Trinajstić information content (AvgIpc) is 3.35. The first-order chi connectivity index (χ1) is 12.1. The van der Waals surface area contributed by atoms with Crippen LogP contribution in [-0.2, 0) is 9.53 Å². The molecule has 0 saturated carbocycles. The van der Waals surface area contributed by atoms with Crippen molar-refractivity contribution in [3.05, 3.63) is 21.9 Å². The Hall–Kier alpha value is -1.40. The zero-order valence-electron chi connectivity index (χ0n) is 14.8. The standard InChI is InChI=1S/C19H26N2O3S/c1-14-4-11-25-16(14)18(23)21-12-15(17(22)20-7-2-3-8-20)19(13-21)5-9-24-10-6-19/h4,11,15H,2-3,5-10,12-13H2,1H3/t15-/m1/s1. The molecule has 4 heterocycles. The Morgan fingerprint density at radius 1 is 1.20 bits per heavy atom. The molecule has 0 bridgehead atoms. The third-order valence-corrected chi connectivity index (χ3v) is 7.20. The van der Waals surface area contributed by atoms with E-state index in [1.165, 1.54) is 11.3 Å². The van der Waals surface area contributed by atoms with Gasteiger partial charge in [0.2, 0.25) is 5.91 Å². The van der Waals surface area contributed by atoms with Gasteiger partial charge >= 0.3 is 0 Å². The summed E-state index contributed by atoms with van der Waals surface area (Å²) in [5.74, 6) is 0.284. The number of rotatable bonds is 2. The van der Waals surface area contributed by atoms with Gasteiger partial charge in [-0.25, -0.2) is 0 Å². The largest absolute Gasteiger partial charge is 0.381 e. The molecule has 25 heavy (non-hydrogen) atoms. The lowest BCUT2D eigenvalue weighted by molar-refractivity contribution is -0.139. The third kappa shape index (κ3) is 2.99. The monoisotopic (exact) mass is 362 g/mol. The van der Waals surface area contributed by atoms with Crippen LogP contribution in [0.3, 0.4) is 0 Å². The van der Waals surface area contributed by atoms with E-state index in [1.54, 1.807) is 0 Å². The van der Waals surface area contributed by atoms with E-state index >= 15 is 0 Å². The van der Waals surface area contributed by atoms with Crippen molar-refractivity contribution >= 4 is 23.2 Å². The molecule has 2 amide bonds. The van der Waals surface area contributed by atoms with Crippen molar-refractivity contribution in [1.29, 1.82) is 0 Å². The summed E-state index contributed by atoms with van der Waals surface area (Å²) in [6.45, 7) is 6.38. The van der Waals surface area contributed by atoms with Crippen LogP contribution in [0.25, 0.3) is 0 Å². The van der Waals surface area contributed by atoms with Gasteiger partial charge in [-0.3, -0.25) is 9.59 Å². The highest BCUT2D eigenvalue weighted by molar-refractivity contribution is 7.12. The molecule has 0 aliphatic carbocycles. The van der Waals surface area contributed by atoms with Gasteiger partial charge in [-0.1, -0.05) is 0 Å². The number of hydrogen-bond donors (Lipinski definition) is 0. The second kappa shape index (κ2) is 6.72. The zero-order chi connectivity index (χ0) is 17.4. The number of carbonyl (C=O) groups is 2. The molecule has 0 unspecified atom stereocenters. The molecular weight excluding hydrogens is 336 g/mol. The Labute approximate surface area is 152 Å². The number of likely N-dealkylation sites (tertiary alicyclic amines) is 2. The molecule has 1 atom stereocenters. The predicted molar refractivity (Wildman–Crippen MR) is 96.7 cm³/mol. The molecule has 3 fully saturated rings. The van der Waals surface area contributed by atoms with Gasteiger partial charge in [0, 0.05) is 44.8 Å². The topological polar surface area (TPSA) is 49.9 Å². The molecule has 136 valence electrons. The summed E-state index contributed by atoms with van der Waals surface area (Å²) in [7, 11) is 0. The van der Waals surface area contributed by atoms with Crippen LogP contribution in [0.2, 0.25) is 0 Å². The number of carbonyl (C=O) groups excluding carboxylic acids is 2. The second-order valence-corrected chi connectivity index (χ2v) is 8.59. The van der Waals surface area contributed by atoms with Crippen LogP contribution in [-0.4, -0.2) is 61.0 Å². The quantitative estimate of drug-likeness (QED) is 0.812. The summed E-state index contributed by atoms with van der Waals surface area (Å²) >= 11 is 1.50. The summed E-state index contributed by atoms with van der Waals surface area (Å²) in [6, 6.07) is 1.99. The summed E-state index contributed by atoms with van der Waals surface area (Å²) in [5.41, 5.74) is 0.934. The summed E-state index contributed by atoms with van der Waals surface area (Å²) < 4.78 is 5.57. The van der Waals surface area contributed by atoms with Crippen molar-refractivity contribution < 1.29 is 14.3 Å². The lowest BCUT2D eigenvalue weighted by Gasteiger charge is -2.38. The third-order valence-electron chi connectivity index (χ3n) is 6.20. The molecule has 0 N–H and O–H groups in total. The number of ether oxygens (including phenoxy) is 1. The highest BCUT2D eigenvalue weighted by Crippen LogP contribution is 2.46. The summed E-state index contributed by atoms with van der Waals surface area (Å²) in [4.78, 5) is 31.0. The fourth-order valence-electron chi connectivity index (χ4n) is 4.64. The fourth-order valence-corrected chi connectivity index (χ4v) is 5.53. The van der Waals surface area contributed by atoms with E-state index in [-0.39, 0.29) is 23.1 Å². The van der Waals surface area contributed by atoms with Gasteiger partial charge in [-0.15, -0.1) is 11.3 Å². The van der Waals surface area contributed by atoms with Crippen LogP contribution >= 0.6 is 11.3 Å². The van der Waals surface area contributed by atoms with Crippen LogP contribution < -0.4 is 0 Å². The van der Waals surface area contributed by atoms with Crippen LogP contribution in [0.1, 0.15) is 40.9 Å². The molecule has 5 nitrogen and oxygen atoms in total. The fraction of sp³-hybridized carbons (Fsp3) is 0.684. The van der Waals surface area contributed by atoms with Crippen molar-refractivity contribution in [1.82, 2.24) is 9.80 Å². The lowest BCUT2D eigenvalue weighted by Crippen LogP contribution is -2.45. The maximum Gasteiger partial charge on any atom is 0.264 e. The first-order valence-electron chi connectivity index (χ1n) is 9.31. The average molecular weight is 362 g/mol. The number of nitrogens with zero attached hydrogens (tertiary/aromatic N) is 2. The Bertz CT molecular complexity index is 659. The minimum absolute atomic E-state index is 0.0706. The van der Waals surface area contributed by atoms with Gasteiger partial charge < -0.3 is 14.5 Å². The molecule has 1 aromatic rings. The maximum absolute atomic E-state index is 13.2. The van der Waals surface area contributed by atoms with E-state index in [9.17, 15) is 9.59 Å². The van der Waals surface area contributed by atoms with Gasteiger partial charge in [0.15, 0.2) is 0 Å². The van der Waals surface area contributed by atoms with E-state index in [0.29, 0.717) is 26.3 Å². The van der Waals surface area contributed by atoms with Crippen molar-refractivity contribution in [2.45, 2.75) is 32.6 Å². The summed E-state index contributed by atoms with van der Waals surface area (Å²) in [6.07, 6.45) is 3.96. The molecule has 3 saturated heterocycles. The smallest absolute Gasteiger partial charge is 0.264 e. The van der Waals surface area contributed by atoms with E-state index in [4.69, 9.17) is 4.74 Å². The lowest BCUT2D eigenvalue weighted by atomic mass is 9.71. The normalized spacial score (nSPS) is 25.7. The first-order valence-corrected chi connectivity index (χ1v) is 10.2. The van der Waals surface area contributed by atoms with Crippen molar-refractivity contribution in [2.75, 3.05) is 39.4 Å². The van der Waals surface area contributed by atoms with E-state index in [1.807, 2.05) is 28.2 Å². The molecule has 3 aliphatic rings. The van der Waals surface area contributed by atoms with E-state index in [0.717, 1.165) is 49.2 Å². The highest BCUT2D eigenvalue weighted by atomic mass is 32.1. The molecule has 6 heteroatoms. The molecule has 1 aromatic heterocycles. The minimum Gasteiger partial charge on any atom is -0.381 e. The zero-order valence-corrected chi connectivity index (χ0v) is 15.6. The molecule has 0 radical (unpaired) electrons. The molecule has 4 rings (SSSR count). The summed E-state index contributed by atoms with van der Waals surface area (Å²) in [5, 5.41) is 1.97. The van der Waals surface area contributed by atoms with Gasteiger partial charge in [-0.2, -0.15) is 0 Å². The van der Waals surface area contributed by atoms with Crippen LogP contribution in [0.15, 0.2) is 11.4 Å². The van der Waals surface area contributed by atoms with Crippen molar-refractivity contribution in [3.63, 3.8) is 0 Å².